The lowest BCUT2D eigenvalue weighted by Gasteiger charge is -2.14. The molecule has 0 atom stereocenters. The first kappa shape index (κ1) is 17.8. The standard InChI is InChI=1S/C17H17FN2O3S/c1-3-6-12(7-4-2)17(21)20-24(22,23)15-10-9-14(18)16-13(15)8-5-11-19-16/h3-5,8-12H,1-2,6-7H2,(H,20,21). The van der Waals surface area contributed by atoms with Crippen LogP contribution in [0.3, 0.4) is 0 Å². The lowest BCUT2D eigenvalue weighted by molar-refractivity contribution is -0.123. The smallest absolute Gasteiger partial charge is 0.264 e. The van der Waals surface area contributed by atoms with E-state index in [-0.39, 0.29) is 15.8 Å². The number of hydrogen-bond donors (Lipinski definition) is 1. The molecule has 0 bridgehead atoms. The molecule has 2 rings (SSSR count). The summed E-state index contributed by atoms with van der Waals surface area (Å²) < 4.78 is 40.9. The van der Waals surface area contributed by atoms with Gasteiger partial charge in [0.15, 0.2) is 0 Å². The van der Waals surface area contributed by atoms with Crippen LogP contribution in [0.1, 0.15) is 12.8 Å². The number of benzene rings is 1. The number of nitrogens with one attached hydrogen (secondary N) is 1. The molecule has 0 spiro atoms. The van der Waals surface area contributed by atoms with Crippen LogP contribution in [0.15, 0.2) is 60.7 Å². The Bertz CT molecular complexity index is 884. The quantitative estimate of drug-likeness (QED) is 0.781. The Balaban J connectivity index is 2.41. The first-order chi connectivity index (χ1) is 11.4. The summed E-state index contributed by atoms with van der Waals surface area (Å²) in [6, 6.07) is 5.07. The predicted molar refractivity (Wildman–Crippen MR) is 90.1 cm³/mol. The van der Waals surface area contributed by atoms with E-state index in [0.29, 0.717) is 12.8 Å². The number of aromatic nitrogens is 1. The van der Waals surface area contributed by atoms with E-state index in [0.717, 1.165) is 12.1 Å². The molecule has 5 nitrogen and oxygen atoms in total. The van der Waals surface area contributed by atoms with Crippen molar-refractivity contribution in [2.75, 3.05) is 0 Å². The minimum Gasteiger partial charge on any atom is -0.274 e. The van der Waals surface area contributed by atoms with Gasteiger partial charge in [-0.05, 0) is 37.1 Å². The van der Waals surface area contributed by atoms with Crippen LogP contribution in [-0.2, 0) is 14.8 Å². The summed E-state index contributed by atoms with van der Waals surface area (Å²) in [4.78, 5) is 15.9. The number of rotatable bonds is 7. The Labute approximate surface area is 140 Å². The van der Waals surface area contributed by atoms with Crippen LogP contribution >= 0.6 is 0 Å². The largest absolute Gasteiger partial charge is 0.274 e. The number of amides is 1. The summed E-state index contributed by atoms with van der Waals surface area (Å²) in [5, 5.41) is 0.113. The third kappa shape index (κ3) is 3.68. The number of carbonyl (C=O) groups is 1. The molecule has 0 unspecified atom stereocenters. The molecule has 24 heavy (non-hydrogen) atoms. The summed E-state index contributed by atoms with van der Waals surface area (Å²) in [6.45, 7) is 7.11. The van der Waals surface area contributed by atoms with Gasteiger partial charge >= 0.3 is 0 Å². The molecular formula is C17H17FN2O3S. The number of fused-ring (bicyclic) bond motifs is 1. The van der Waals surface area contributed by atoms with Crippen molar-refractivity contribution in [3.05, 3.63) is 61.6 Å². The first-order valence-electron chi connectivity index (χ1n) is 7.22. The van der Waals surface area contributed by atoms with E-state index < -0.39 is 27.7 Å². The maximum absolute atomic E-state index is 13.8. The molecule has 1 aromatic carbocycles. The Morgan fingerprint density at radius 2 is 1.92 bits per heavy atom. The summed E-state index contributed by atoms with van der Waals surface area (Å²) in [7, 11) is -4.16. The average molecular weight is 348 g/mol. The molecule has 0 radical (unpaired) electrons. The van der Waals surface area contributed by atoms with Crippen molar-refractivity contribution in [1.82, 2.24) is 9.71 Å². The Morgan fingerprint density at radius 1 is 1.25 bits per heavy atom. The second-order valence-electron chi connectivity index (χ2n) is 5.16. The average Bonchev–Trinajstić information content (AvgIpc) is 2.54. The molecule has 7 heteroatoms. The second-order valence-corrected chi connectivity index (χ2v) is 6.81. The number of hydrogen-bond acceptors (Lipinski definition) is 4. The highest BCUT2D eigenvalue weighted by Gasteiger charge is 2.25. The fourth-order valence-electron chi connectivity index (χ4n) is 2.33. The van der Waals surface area contributed by atoms with Gasteiger partial charge in [0.1, 0.15) is 11.3 Å². The molecule has 1 aromatic heterocycles. The molecule has 0 aliphatic rings. The molecule has 1 heterocycles. The van der Waals surface area contributed by atoms with Crippen molar-refractivity contribution in [3.63, 3.8) is 0 Å². The number of halogens is 1. The molecule has 126 valence electrons. The van der Waals surface area contributed by atoms with Crippen LogP contribution in [-0.4, -0.2) is 19.3 Å². The highest BCUT2D eigenvalue weighted by atomic mass is 32.2. The van der Waals surface area contributed by atoms with Gasteiger partial charge in [-0.25, -0.2) is 17.5 Å². The van der Waals surface area contributed by atoms with Gasteiger partial charge in [-0.3, -0.25) is 9.78 Å². The zero-order valence-corrected chi connectivity index (χ0v) is 13.7. The number of allylic oxidation sites excluding steroid dienone is 2. The Kier molecular flexibility index (Phi) is 5.46. The van der Waals surface area contributed by atoms with Crippen molar-refractivity contribution in [3.8, 4) is 0 Å². The Morgan fingerprint density at radius 3 is 2.54 bits per heavy atom. The SMILES string of the molecule is C=CCC(CC=C)C(=O)NS(=O)(=O)c1ccc(F)c2ncccc12. The number of nitrogens with zero attached hydrogens (tertiary/aromatic N) is 1. The zero-order chi connectivity index (χ0) is 17.7. The fourth-order valence-corrected chi connectivity index (χ4v) is 3.57. The monoisotopic (exact) mass is 348 g/mol. The predicted octanol–water partition coefficient (Wildman–Crippen LogP) is 2.95. The zero-order valence-electron chi connectivity index (χ0n) is 12.9. The van der Waals surface area contributed by atoms with E-state index in [1.54, 1.807) is 0 Å². The molecule has 0 fully saturated rings. The van der Waals surface area contributed by atoms with E-state index in [1.807, 2.05) is 4.72 Å². The number of carbonyl (C=O) groups excluding carboxylic acids is 1. The molecule has 1 amide bonds. The van der Waals surface area contributed by atoms with Crippen molar-refractivity contribution < 1.29 is 17.6 Å². The van der Waals surface area contributed by atoms with Gasteiger partial charge in [0.2, 0.25) is 5.91 Å². The van der Waals surface area contributed by atoms with Gasteiger partial charge in [0, 0.05) is 17.5 Å². The second kappa shape index (κ2) is 7.35. The number of sulfonamides is 1. The van der Waals surface area contributed by atoms with Gasteiger partial charge in [0.05, 0.1) is 4.90 Å². The van der Waals surface area contributed by atoms with Gasteiger partial charge in [-0.15, -0.1) is 13.2 Å². The van der Waals surface area contributed by atoms with Crippen LogP contribution in [0.4, 0.5) is 4.39 Å². The van der Waals surface area contributed by atoms with Crippen LogP contribution in [0, 0.1) is 11.7 Å². The summed E-state index contributed by atoms with van der Waals surface area (Å²) >= 11 is 0. The summed E-state index contributed by atoms with van der Waals surface area (Å²) in [6.07, 6.45) is 5.08. The molecule has 2 aromatic rings. The number of pyridine rings is 1. The fraction of sp³-hybridized carbons (Fsp3) is 0.176. The van der Waals surface area contributed by atoms with Crippen molar-refractivity contribution >= 4 is 26.8 Å². The maximum Gasteiger partial charge on any atom is 0.264 e. The van der Waals surface area contributed by atoms with Crippen LogP contribution < -0.4 is 4.72 Å². The first-order valence-corrected chi connectivity index (χ1v) is 8.70. The molecule has 0 saturated carbocycles. The van der Waals surface area contributed by atoms with Crippen molar-refractivity contribution in [1.29, 1.82) is 0 Å². The van der Waals surface area contributed by atoms with Gasteiger partial charge in [-0.1, -0.05) is 12.2 Å². The summed E-state index contributed by atoms with van der Waals surface area (Å²) in [5.74, 6) is -1.87. The van der Waals surface area contributed by atoms with E-state index >= 15 is 0 Å². The highest BCUT2D eigenvalue weighted by Crippen LogP contribution is 2.24. The lowest BCUT2D eigenvalue weighted by Crippen LogP contribution is -2.35. The third-order valence-electron chi connectivity index (χ3n) is 3.48. The molecule has 0 saturated heterocycles. The van der Waals surface area contributed by atoms with Crippen molar-refractivity contribution in [2.24, 2.45) is 5.92 Å². The van der Waals surface area contributed by atoms with Crippen LogP contribution in [0.2, 0.25) is 0 Å². The topological polar surface area (TPSA) is 76.1 Å². The third-order valence-corrected chi connectivity index (χ3v) is 4.88. The maximum atomic E-state index is 13.8. The molecule has 0 aliphatic heterocycles. The minimum absolute atomic E-state index is 0.0680. The van der Waals surface area contributed by atoms with Crippen molar-refractivity contribution in [2.45, 2.75) is 17.7 Å². The van der Waals surface area contributed by atoms with Gasteiger partial charge in [0.25, 0.3) is 10.0 Å². The van der Waals surface area contributed by atoms with Gasteiger partial charge < -0.3 is 0 Å². The van der Waals surface area contributed by atoms with E-state index in [1.165, 1.54) is 30.5 Å². The molecule has 0 aliphatic carbocycles. The Hall–Kier alpha value is -2.54. The van der Waals surface area contributed by atoms with E-state index in [9.17, 15) is 17.6 Å². The minimum atomic E-state index is -4.16. The summed E-state index contributed by atoms with van der Waals surface area (Å²) in [5.41, 5.74) is -0.0680. The lowest BCUT2D eigenvalue weighted by atomic mass is 10.0. The molecule has 1 N–H and O–H groups in total. The highest BCUT2D eigenvalue weighted by molar-refractivity contribution is 7.90. The normalized spacial score (nSPS) is 11.4. The van der Waals surface area contributed by atoms with Crippen LogP contribution in [0.5, 0.6) is 0 Å². The van der Waals surface area contributed by atoms with E-state index in [2.05, 4.69) is 18.1 Å². The molecular weight excluding hydrogens is 331 g/mol. The van der Waals surface area contributed by atoms with E-state index in [4.69, 9.17) is 0 Å². The van der Waals surface area contributed by atoms with Crippen LogP contribution in [0.25, 0.3) is 10.9 Å². The van der Waals surface area contributed by atoms with Gasteiger partial charge in [-0.2, -0.15) is 0 Å².